The molecule has 0 atom stereocenters. The van der Waals surface area contributed by atoms with E-state index in [1.54, 1.807) is 19.4 Å². The first kappa shape index (κ1) is 12.3. The molecule has 0 spiro atoms. The lowest BCUT2D eigenvalue weighted by Gasteiger charge is -1.97. The van der Waals surface area contributed by atoms with E-state index in [0.717, 1.165) is 11.1 Å². The molecule has 5 nitrogen and oxygen atoms in total. The molecule has 0 aliphatic heterocycles. The van der Waals surface area contributed by atoms with Crippen LogP contribution in [0, 0.1) is 6.92 Å². The fraction of sp³-hybridized carbons (Fsp3) is 0.133. The highest BCUT2D eigenvalue weighted by molar-refractivity contribution is 5.59. The molecule has 0 saturated carbocycles. The Morgan fingerprint density at radius 3 is 2.40 bits per heavy atom. The van der Waals surface area contributed by atoms with Crippen LogP contribution in [0.3, 0.4) is 0 Å². The van der Waals surface area contributed by atoms with Gasteiger partial charge in [-0.1, -0.05) is 22.9 Å². The van der Waals surface area contributed by atoms with Crippen molar-refractivity contribution in [3.63, 3.8) is 0 Å². The molecule has 3 rings (SSSR count). The molecular formula is C15H13N3O2. The van der Waals surface area contributed by atoms with Gasteiger partial charge in [-0.15, -0.1) is 0 Å². The van der Waals surface area contributed by atoms with Crippen LogP contribution in [-0.4, -0.2) is 22.2 Å². The molecule has 5 heteroatoms. The lowest BCUT2D eigenvalue weighted by atomic mass is 10.1. The highest BCUT2D eigenvalue weighted by Gasteiger charge is 2.10. The van der Waals surface area contributed by atoms with Crippen molar-refractivity contribution in [3.8, 4) is 28.7 Å². The minimum absolute atomic E-state index is 0.496. The second-order valence-electron chi connectivity index (χ2n) is 4.38. The predicted molar refractivity (Wildman–Crippen MR) is 74.3 cm³/mol. The first-order valence-electron chi connectivity index (χ1n) is 6.17. The van der Waals surface area contributed by atoms with Gasteiger partial charge in [-0.2, -0.15) is 4.98 Å². The molecule has 0 unspecified atom stereocenters. The van der Waals surface area contributed by atoms with Crippen molar-refractivity contribution in [1.29, 1.82) is 0 Å². The van der Waals surface area contributed by atoms with Gasteiger partial charge in [0.25, 0.3) is 5.89 Å². The summed E-state index contributed by atoms with van der Waals surface area (Å²) in [7, 11) is 1.58. The van der Waals surface area contributed by atoms with E-state index in [-0.39, 0.29) is 0 Å². The van der Waals surface area contributed by atoms with Gasteiger partial charge in [-0.25, -0.2) is 4.98 Å². The Bertz CT molecular complexity index is 703. The van der Waals surface area contributed by atoms with Crippen LogP contribution in [0.5, 0.6) is 5.88 Å². The molecule has 100 valence electrons. The first-order valence-corrected chi connectivity index (χ1v) is 6.17. The van der Waals surface area contributed by atoms with E-state index in [4.69, 9.17) is 9.26 Å². The van der Waals surface area contributed by atoms with Crippen molar-refractivity contribution >= 4 is 0 Å². The number of benzene rings is 1. The van der Waals surface area contributed by atoms with E-state index in [2.05, 4.69) is 15.1 Å². The number of hydrogen-bond acceptors (Lipinski definition) is 5. The van der Waals surface area contributed by atoms with Gasteiger partial charge in [0.1, 0.15) is 0 Å². The van der Waals surface area contributed by atoms with Crippen LogP contribution < -0.4 is 4.74 Å². The average molecular weight is 267 g/mol. The number of rotatable bonds is 3. The van der Waals surface area contributed by atoms with Crippen molar-refractivity contribution in [2.45, 2.75) is 6.92 Å². The summed E-state index contributed by atoms with van der Waals surface area (Å²) in [5.41, 5.74) is 2.87. The first-order chi connectivity index (χ1) is 9.76. The monoisotopic (exact) mass is 267 g/mol. The Morgan fingerprint density at radius 1 is 1.00 bits per heavy atom. The topological polar surface area (TPSA) is 61.0 Å². The number of ether oxygens (including phenoxy) is 1. The van der Waals surface area contributed by atoms with Crippen LogP contribution in [0.15, 0.2) is 47.1 Å². The zero-order valence-electron chi connectivity index (χ0n) is 11.2. The van der Waals surface area contributed by atoms with E-state index in [1.807, 2.05) is 37.3 Å². The summed E-state index contributed by atoms with van der Waals surface area (Å²) >= 11 is 0. The predicted octanol–water partition coefficient (Wildman–Crippen LogP) is 3.12. The zero-order valence-corrected chi connectivity index (χ0v) is 11.2. The second-order valence-corrected chi connectivity index (χ2v) is 4.38. The molecule has 0 N–H and O–H groups in total. The molecule has 0 saturated heterocycles. The highest BCUT2D eigenvalue weighted by atomic mass is 16.5. The number of nitrogens with zero attached hydrogens (tertiary/aromatic N) is 3. The molecule has 2 aromatic heterocycles. The molecule has 20 heavy (non-hydrogen) atoms. The third kappa shape index (κ3) is 2.38. The van der Waals surface area contributed by atoms with E-state index in [0.29, 0.717) is 17.6 Å². The zero-order chi connectivity index (χ0) is 13.9. The third-order valence-corrected chi connectivity index (χ3v) is 2.93. The molecule has 0 fully saturated rings. The van der Waals surface area contributed by atoms with Crippen LogP contribution in [0.4, 0.5) is 0 Å². The van der Waals surface area contributed by atoms with Crippen LogP contribution in [0.2, 0.25) is 0 Å². The van der Waals surface area contributed by atoms with E-state index < -0.39 is 0 Å². The van der Waals surface area contributed by atoms with Crippen LogP contribution in [0.1, 0.15) is 5.56 Å². The van der Waals surface area contributed by atoms with Gasteiger partial charge in [0.2, 0.25) is 11.7 Å². The highest BCUT2D eigenvalue weighted by Crippen LogP contribution is 2.22. The van der Waals surface area contributed by atoms with E-state index in [1.165, 1.54) is 5.56 Å². The molecule has 3 aromatic rings. The summed E-state index contributed by atoms with van der Waals surface area (Å²) in [4.78, 5) is 8.50. The fourth-order valence-corrected chi connectivity index (χ4v) is 1.79. The Labute approximate surface area is 116 Å². The van der Waals surface area contributed by atoms with E-state index >= 15 is 0 Å². The number of pyridine rings is 1. The smallest absolute Gasteiger partial charge is 0.258 e. The summed E-state index contributed by atoms with van der Waals surface area (Å²) in [6.07, 6.45) is 1.66. The van der Waals surface area contributed by atoms with Crippen LogP contribution in [-0.2, 0) is 0 Å². The summed E-state index contributed by atoms with van der Waals surface area (Å²) in [5, 5.41) is 3.97. The molecule has 0 aliphatic carbocycles. The van der Waals surface area contributed by atoms with Crippen molar-refractivity contribution in [2.24, 2.45) is 0 Å². The van der Waals surface area contributed by atoms with Gasteiger partial charge < -0.3 is 9.26 Å². The van der Waals surface area contributed by atoms with Crippen molar-refractivity contribution in [1.82, 2.24) is 15.1 Å². The summed E-state index contributed by atoms with van der Waals surface area (Å²) in [5.74, 6) is 1.56. The lowest BCUT2D eigenvalue weighted by molar-refractivity contribution is 0.398. The van der Waals surface area contributed by atoms with Crippen molar-refractivity contribution in [2.75, 3.05) is 7.11 Å². The van der Waals surface area contributed by atoms with Gasteiger partial charge in [-0.3, -0.25) is 0 Å². The lowest BCUT2D eigenvalue weighted by Crippen LogP contribution is -1.88. The molecule has 0 radical (unpaired) electrons. The standard InChI is InChI=1S/C15H13N3O2/c1-10-3-5-11(6-4-10)15-17-14(18-20-15)12-7-8-13(19-2)16-9-12/h3-9H,1-2H3. The van der Waals surface area contributed by atoms with Gasteiger partial charge in [0.05, 0.1) is 7.11 Å². The van der Waals surface area contributed by atoms with Crippen LogP contribution >= 0.6 is 0 Å². The average Bonchev–Trinajstić information content (AvgIpc) is 2.98. The maximum Gasteiger partial charge on any atom is 0.258 e. The quantitative estimate of drug-likeness (QED) is 0.729. The summed E-state index contributed by atoms with van der Waals surface area (Å²) < 4.78 is 10.3. The normalized spacial score (nSPS) is 10.5. The number of hydrogen-bond donors (Lipinski definition) is 0. The minimum atomic E-state index is 0.496. The Morgan fingerprint density at radius 2 is 1.75 bits per heavy atom. The van der Waals surface area contributed by atoms with Gasteiger partial charge in [-0.05, 0) is 25.1 Å². The van der Waals surface area contributed by atoms with Gasteiger partial charge in [0.15, 0.2) is 0 Å². The SMILES string of the molecule is COc1ccc(-c2noc(-c3ccc(C)cc3)n2)cn1. The molecular weight excluding hydrogens is 254 g/mol. The van der Waals surface area contributed by atoms with Crippen molar-refractivity contribution < 1.29 is 9.26 Å². The molecule has 2 heterocycles. The summed E-state index contributed by atoms with van der Waals surface area (Å²) in [6, 6.07) is 11.5. The van der Waals surface area contributed by atoms with Crippen LogP contribution in [0.25, 0.3) is 22.8 Å². The largest absolute Gasteiger partial charge is 0.481 e. The van der Waals surface area contributed by atoms with Crippen molar-refractivity contribution in [3.05, 3.63) is 48.2 Å². The Balaban J connectivity index is 1.91. The third-order valence-electron chi connectivity index (χ3n) is 2.93. The van der Waals surface area contributed by atoms with Gasteiger partial charge >= 0.3 is 0 Å². The molecule has 0 amide bonds. The fourth-order valence-electron chi connectivity index (χ4n) is 1.79. The molecule has 0 bridgehead atoms. The maximum absolute atomic E-state index is 5.28. The number of aryl methyl sites for hydroxylation is 1. The maximum atomic E-state index is 5.28. The Hall–Kier alpha value is -2.69. The second kappa shape index (κ2) is 5.13. The minimum Gasteiger partial charge on any atom is -0.481 e. The molecule has 0 aliphatic rings. The summed E-state index contributed by atoms with van der Waals surface area (Å²) in [6.45, 7) is 2.03. The number of aromatic nitrogens is 3. The molecule has 1 aromatic carbocycles. The Kier molecular flexibility index (Phi) is 3.16. The number of methoxy groups -OCH3 is 1. The van der Waals surface area contributed by atoms with Gasteiger partial charge in [0, 0.05) is 23.4 Å². The van der Waals surface area contributed by atoms with E-state index in [9.17, 15) is 0 Å².